The van der Waals surface area contributed by atoms with Crippen LogP contribution in [-0.2, 0) is 16.1 Å². The lowest BCUT2D eigenvalue weighted by Gasteiger charge is -2.32. The van der Waals surface area contributed by atoms with Crippen molar-refractivity contribution >= 4 is 5.91 Å². The predicted molar refractivity (Wildman–Crippen MR) is 66.4 cm³/mol. The molecule has 0 aromatic heterocycles. The van der Waals surface area contributed by atoms with Crippen LogP contribution in [0.5, 0.6) is 0 Å². The van der Waals surface area contributed by atoms with Crippen LogP contribution >= 0.6 is 0 Å². The van der Waals surface area contributed by atoms with E-state index in [4.69, 9.17) is 4.74 Å². The smallest absolute Gasteiger partial charge is 0.219 e. The van der Waals surface area contributed by atoms with Gasteiger partial charge in [0.15, 0.2) is 0 Å². The first-order valence-corrected chi connectivity index (χ1v) is 6.37. The van der Waals surface area contributed by atoms with Crippen molar-refractivity contribution in [1.29, 1.82) is 0 Å². The highest BCUT2D eigenvalue weighted by Crippen LogP contribution is 2.17. The summed E-state index contributed by atoms with van der Waals surface area (Å²) in [6.45, 7) is 2.81. The topological polar surface area (TPSA) is 29.5 Å². The van der Waals surface area contributed by atoms with Crippen LogP contribution in [0.2, 0.25) is 0 Å². The highest BCUT2D eigenvalue weighted by atomic mass is 19.1. The molecule has 0 aliphatic carbocycles. The van der Waals surface area contributed by atoms with Crippen LogP contribution in [0.3, 0.4) is 0 Å². The molecule has 1 atom stereocenters. The molecule has 1 amide bonds. The summed E-state index contributed by atoms with van der Waals surface area (Å²) in [5.74, 6) is -0.931. The van der Waals surface area contributed by atoms with Crippen LogP contribution in [-0.4, -0.2) is 30.0 Å². The van der Waals surface area contributed by atoms with Gasteiger partial charge in [0, 0.05) is 25.6 Å². The van der Waals surface area contributed by atoms with Gasteiger partial charge in [0.25, 0.3) is 0 Å². The zero-order chi connectivity index (χ0) is 13.8. The highest BCUT2D eigenvalue weighted by molar-refractivity contribution is 5.73. The SMILES string of the molecule is CC(=O)N1CCCC(OCc2cc(F)ccc2F)C1. The lowest BCUT2D eigenvalue weighted by Crippen LogP contribution is -2.42. The standard InChI is InChI=1S/C14H17F2NO2/c1-10(18)17-6-2-3-13(8-17)19-9-11-7-12(15)4-5-14(11)16/h4-5,7,13H,2-3,6,8-9H2,1H3. The van der Waals surface area contributed by atoms with E-state index in [9.17, 15) is 13.6 Å². The van der Waals surface area contributed by atoms with E-state index in [0.29, 0.717) is 6.54 Å². The van der Waals surface area contributed by atoms with Gasteiger partial charge in [-0.05, 0) is 31.0 Å². The van der Waals surface area contributed by atoms with E-state index in [-0.39, 0.29) is 24.2 Å². The van der Waals surface area contributed by atoms with E-state index in [1.54, 1.807) is 4.90 Å². The van der Waals surface area contributed by atoms with E-state index in [0.717, 1.165) is 37.6 Å². The van der Waals surface area contributed by atoms with Crippen molar-refractivity contribution in [1.82, 2.24) is 4.90 Å². The molecular weight excluding hydrogens is 252 g/mol. The summed E-state index contributed by atoms with van der Waals surface area (Å²) in [4.78, 5) is 13.0. The molecule has 0 bridgehead atoms. The van der Waals surface area contributed by atoms with E-state index < -0.39 is 11.6 Å². The zero-order valence-corrected chi connectivity index (χ0v) is 10.9. The van der Waals surface area contributed by atoms with Crippen LogP contribution in [0, 0.1) is 11.6 Å². The Kier molecular flexibility index (Phi) is 4.47. The molecule has 19 heavy (non-hydrogen) atoms. The molecule has 0 N–H and O–H groups in total. The molecule has 1 fully saturated rings. The number of likely N-dealkylation sites (tertiary alicyclic amines) is 1. The van der Waals surface area contributed by atoms with Crippen molar-refractivity contribution in [3.8, 4) is 0 Å². The second-order valence-corrected chi connectivity index (χ2v) is 4.78. The number of benzene rings is 1. The maximum atomic E-state index is 13.4. The number of carbonyl (C=O) groups is 1. The van der Waals surface area contributed by atoms with Crippen LogP contribution in [0.4, 0.5) is 8.78 Å². The maximum Gasteiger partial charge on any atom is 0.219 e. The Morgan fingerprint density at radius 2 is 2.26 bits per heavy atom. The monoisotopic (exact) mass is 269 g/mol. The third-order valence-electron chi connectivity index (χ3n) is 3.31. The van der Waals surface area contributed by atoms with Gasteiger partial charge in [0.05, 0.1) is 12.7 Å². The van der Waals surface area contributed by atoms with E-state index in [1.807, 2.05) is 0 Å². The molecule has 1 aliphatic rings. The maximum absolute atomic E-state index is 13.4. The average molecular weight is 269 g/mol. The molecule has 0 saturated carbocycles. The normalized spacial score (nSPS) is 19.5. The molecule has 0 spiro atoms. The third-order valence-corrected chi connectivity index (χ3v) is 3.31. The molecular formula is C14H17F2NO2. The molecule has 1 unspecified atom stereocenters. The first-order chi connectivity index (χ1) is 9.06. The molecule has 104 valence electrons. The van der Waals surface area contributed by atoms with Gasteiger partial charge in [-0.2, -0.15) is 0 Å². The Bertz CT molecular complexity index is 465. The minimum Gasteiger partial charge on any atom is -0.372 e. The Balaban J connectivity index is 1.91. The number of piperidine rings is 1. The van der Waals surface area contributed by atoms with Gasteiger partial charge < -0.3 is 9.64 Å². The van der Waals surface area contributed by atoms with Gasteiger partial charge in [-0.3, -0.25) is 4.79 Å². The van der Waals surface area contributed by atoms with Crippen molar-refractivity contribution < 1.29 is 18.3 Å². The van der Waals surface area contributed by atoms with Crippen LogP contribution in [0.15, 0.2) is 18.2 Å². The summed E-state index contributed by atoms with van der Waals surface area (Å²) in [6.07, 6.45) is 1.59. The summed E-state index contributed by atoms with van der Waals surface area (Å²) in [5, 5.41) is 0. The number of rotatable bonds is 3. The van der Waals surface area contributed by atoms with Gasteiger partial charge in [0.1, 0.15) is 11.6 Å². The lowest BCUT2D eigenvalue weighted by atomic mass is 10.1. The summed E-state index contributed by atoms with van der Waals surface area (Å²) in [7, 11) is 0. The van der Waals surface area contributed by atoms with Gasteiger partial charge in [0.2, 0.25) is 5.91 Å². The Labute approximate surface area is 111 Å². The summed E-state index contributed by atoms with van der Waals surface area (Å²) in [5.41, 5.74) is 0.208. The van der Waals surface area contributed by atoms with Crippen molar-refractivity contribution in [3.05, 3.63) is 35.4 Å². The van der Waals surface area contributed by atoms with Crippen molar-refractivity contribution in [2.24, 2.45) is 0 Å². The molecule has 5 heteroatoms. The summed E-state index contributed by atoms with van der Waals surface area (Å²) in [6, 6.07) is 3.31. The van der Waals surface area contributed by atoms with Gasteiger partial charge in [-0.1, -0.05) is 0 Å². The van der Waals surface area contributed by atoms with Crippen LogP contribution in [0.1, 0.15) is 25.3 Å². The number of amides is 1. The Morgan fingerprint density at radius 1 is 1.47 bits per heavy atom. The number of hydrogen-bond acceptors (Lipinski definition) is 2. The molecule has 3 nitrogen and oxygen atoms in total. The predicted octanol–water partition coefficient (Wildman–Crippen LogP) is 2.49. The van der Waals surface area contributed by atoms with Gasteiger partial charge >= 0.3 is 0 Å². The van der Waals surface area contributed by atoms with Crippen LogP contribution < -0.4 is 0 Å². The van der Waals surface area contributed by atoms with Crippen molar-refractivity contribution in [3.63, 3.8) is 0 Å². The molecule has 1 heterocycles. The minimum absolute atomic E-state index is 0.0187. The first-order valence-electron chi connectivity index (χ1n) is 6.37. The highest BCUT2D eigenvalue weighted by Gasteiger charge is 2.22. The molecule has 0 radical (unpaired) electrons. The van der Waals surface area contributed by atoms with Gasteiger partial charge in [-0.25, -0.2) is 8.78 Å². The second-order valence-electron chi connectivity index (χ2n) is 4.78. The van der Waals surface area contributed by atoms with E-state index >= 15 is 0 Å². The second kappa shape index (κ2) is 6.10. The number of nitrogens with zero attached hydrogens (tertiary/aromatic N) is 1. The largest absolute Gasteiger partial charge is 0.372 e. The zero-order valence-electron chi connectivity index (χ0n) is 10.9. The average Bonchev–Trinajstić information content (AvgIpc) is 2.40. The molecule has 1 aromatic carbocycles. The molecule has 2 rings (SSSR count). The molecule has 1 aromatic rings. The fraction of sp³-hybridized carbons (Fsp3) is 0.500. The fourth-order valence-corrected chi connectivity index (χ4v) is 2.22. The third kappa shape index (κ3) is 3.73. The number of ether oxygens (including phenoxy) is 1. The number of halogens is 2. The Morgan fingerprint density at radius 3 is 3.00 bits per heavy atom. The number of carbonyl (C=O) groups excluding carboxylic acids is 1. The van der Waals surface area contributed by atoms with E-state index in [2.05, 4.69) is 0 Å². The quantitative estimate of drug-likeness (QED) is 0.843. The van der Waals surface area contributed by atoms with Crippen molar-refractivity contribution in [2.45, 2.75) is 32.5 Å². The minimum atomic E-state index is -0.478. The lowest BCUT2D eigenvalue weighted by molar-refractivity contribution is -0.133. The fourth-order valence-electron chi connectivity index (χ4n) is 2.22. The van der Waals surface area contributed by atoms with Crippen molar-refractivity contribution in [2.75, 3.05) is 13.1 Å². The van der Waals surface area contributed by atoms with Crippen LogP contribution in [0.25, 0.3) is 0 Å². The Hall–Kier alpha value is -1.49. The van der Waals surface area contributed by atoms with E-state index in [1.165, 1.54) is 6.92 Å². The summed E-state index contributed by atoms with van der Waals surface area (Å²) >= 11 is 0. The summed E-state index contributed by atoms with van der Waals surface area (Å²) < 4.78 is 32.0. The van der Waals surface area contributed by atoms with Gasteiger partial charge in [-0.15, -0.1) is 0 Å². The number of hydrogen-bond donors (Lipinski definition) is 0. The molecule has 1 aliphatic heterocycles. The molecule has 1 saturated heterocycles. The first kappa shape index (κ1) is 13.9.